The lowest BCUT2D eigenvalue weighted by atomic mass is 9.77. The van der Waals surface area contributed by atoms with Gasteiger partial charge in [-0.25, -0.2) is 12.8 Å². The molecule has 0 amide bonds. The van der Waals surface area contributed by atoms with Crippen molar-refractivity contribution in [3.8, 4) is 0 Å². The van der Waals surface area contributed by atoms with Gasteiger partial charge in [-0.3, -0.25) is 0 Å². The Balaban J connectivity index is 0.00000220. The number of nitrogens with one attached hydrogen (secondary N) is 2. The predicted molar refractivity (Wildman–Crippen MR) is 84.4 cm³/mol. The zero-order valence-electron chi connectivity index (χ0n) is 12.4. The lowest BCUT2D eigenvalue weighted by Gasteiger charge is -2.38. The van der Waals surface area contributed by atoms with E-state index in [4.69, 9.17) is 0 Å². The van der Waals surface area contributed by atoms with E-state index in [0.29, 0.717) is 0 Å². The first-order valence-corrected chi connectivity index (χ1v) is 8.56. The molecule has 1 unspecified atom stereocenters. The van der Waals surface area contributed by atoms with Gasteiger partial charge in [0.05, 0.1) is 0 Å². The molecule has 21 heavy (non-hydrogen) atoms. The Kier molecular flexibility index (Phi) is 5.77. The molecule has 2 N–H and O–H groups in total. The van der Waals surface area contributed by atoms with Gasteiger partial charge in [-0.1, -0.05) is 19.9 Å². The Morgan fingerprint density at radius 2 is 1.95 bits per heavy atom. The van der Waals surface area contributed by atoms with Gasteiger partial charge in [0.15, 0.2) is 9.84 Å². The molecule has 0 aliphatic carbocycles. The Labute approximate surface area is 131 Å². The van der Waals surface area contributed by atoms with Crippen molar-refractivity contribution in [1.82, 2.24) is 10.6 Å². The third-order valence-electron chi connectivity index (χ3n) is 3.99. The summed E-state index contributed by atoms with van der Waals surface area (Å²) >= 11 is 0. The third kappa shape index (κ3) is 3.94. The number of sulfone groups is 1. The minimum atomic E-state index is -3.56. The third-order valence-corrected chi connectivity index (χ3v) is 5.10. The van der Waals surface area contributed by atoms with Crippen LogP contribution in [0.4, 0.5) is 4.39 Å². The molecule has 1 heterocycles. The topological polar surface area (TPSA) is 58.2 Å². The van der Waals surface area contributed by atoms with E-state index < -0.39 is 15.7 Å². The molecule has 0 aromatic heterocycles. The fourth-order valence-electron chi connectivity index (χ4n) is 2.55. The van der Waals surface area contributed by atoms with E-state index in [1.165, 1.54) is 12.1 Å². The van der Waals surface area contributed by atoms with Crippen LogP contribution in [0.5, 0.6) is 0 Å². The molecule has 1 saturated heterocycles. The molecule has 120 valence electrons. The first kappa shape index (κ1) is 18.4. The van der Waals surface area contributed by atoms with Gasteiger partial charge in [-0.15, -0.1) is 12.4 Å². The molecule has 0 radical (unpaired) electrons. The van der Waals surface area contributed by atoms with Crippen molar-refractivity contribution >= 4 is 22.2 Å². The number of hydrogen-bond acceptors (Lipinski definition) is 4. The van der Waals surface area contributed by atoms with Crippen LogP contribution in [0.1, 0.15) is 19.4 Å². The fourth-order valence-corrected chi connectivity index (χ4v) is 3.32. The van der Waals surface area contributed by atoms with Crippen LogP contribution < -0.4 is 10.6 Å². The first-order valence-electron chi connectivity index (χ1n) is 6.67. The van der Waals surface area contributed by atoms with Gasteiger partial charge in [0, 0.05) is 37.3 Å². The van der Waals surface area contributed by atoms with Crippen LogP contribution in [0, 0.1) is 5.82 Å². The highest BCUT2D eigenvalue weighted by molar-refractivity contribution is 7.90. The van der Waals surface area contributed by atoms with E-state index in [2.05, 4.69) is 10.6 Å². The van der Waals surface area contributed by atoms with E-state index >= 15 is 0 Å². The van der Waals surface area contributed by atoms with Crippen LogP contribution >= 0.6 is 12.4 Å². The Bertz CT molecular complexity index is 599. The summed E-state index contributed by atoms with van der Waals surface area (Å²) in [5.41, 5.74) is 0.529. The molecule has 1 atom stereocenters. The molecule has 0 spiro atoms. The van der Waals surface area contributed by atoms with Crippen LogP contribution in [0.25, 0.3) is 0 Å². The standard InChI is InChI=1S/C14H21FN2O2S.ClH/c1-14(2,13-9-16-6-7-17-13)10-4-5-11(15)12(8-10)20(3,18)19;/h4-5,8,13,16-17H,6-7,9H2,1-3H3;1H. The van der Waals surface area contributed by atoms with E-state index in [1.807, 2.05) is 13.8 Å². The zero-order chi connectivity index (χ0) is 15.0. The summed E-state index contributed by atoms with van der Waals surface area (Å²) in [7, 11) is -3.56. The van der Waals surface area contributed by atoms with Gasteiger partial charge >= 0.3 is 0 Å². The Morgan fingerprint density at radius 3 is 2.48 bits per heavy atom. The minimum absolute atomic E-state index is 0. The second-order valence-corrected chi connectivity index (χ2v) is 7.83. The van der Waals surface area contributed by atoms with E-state index in [1.54, 1.807) is 6.07 Å². The maximum atomic E-state index is 13.7. The van der Waals surface area contributed by atoms with Crippen LogP contribution in [0.15, 0.2) is 23.1 Å². The molecule has 4 nitrogen and oxygen atoms in total. The molecular weight excluding hydrogens is 315 g/mol. The van der Waals surface area contributed by atoms with Crippen LogP contribution in [-0.2, 0) is 15.3 Å². The van der Waals surface area contributed by atoms with Gasteiger partial charge < -0.3 is 10.6 Å². The quantitative estimate of drug-likeness (QED) is 0.878. The number of rotatable bonds is 3. The molecule has 1 fully saturated rings. The Morgan fingerprint density at radius 1 is 1.29 bits per heavy atom. The monoisotopic (exact) mass is 336 g/mol. The lowest BCUT2D eigenvalue weighted by molar-refractivity contribution is 0.297. The average Bonchev–Trinajstić information content (AvgIpc) is 2.38. The van der Waals surface area contributed by atoms with E-state index in [0.717, 1.165) is 31.5 Å². The van der Waals surface area contributed by atoms with Crippen LogP contribution in [0.3, 0.4) is 0 Å². The van der Waals surface area contributed by atoms with Gasteiger partial charge in [0.1, 0.15) is 10.7 Å². The fraction of sp³-hybridized carbons (Fsp3) is 0.571. The second-order valence-electron chi connectivity index (χ2n) is 5.85. The van der Waals surface area contributed by atoms with Crippen molar-refractivity contribution in [3.63, 3.8) is 0 Å². The summed E-state index contributed by atoms with van der Waals surface area (Å²) in [5, 5.41) is 6.74. The average molecular weight is 337 g/mol. The number of hydrogen-bond donors (Lipinski definition) is 2. The highest BCUT2D eigenvalue weighted by atomic mass is 35.5. The highest BCUT2D eigenvalue weighted by Gasteiger charge is 2.33. The molecule has 1 aromatic carbocycles. The summed E-state index contributed by atoms with van der Waals surface area (Å²) in [6.07, 6.45) is 1.03. The molecule has 1 aliphatic rings. The maximum absolute atomic E-state index is 13.7. The summed E-state index contributed by atoms with van der Waals surface area (Å²) in [4.78, 5) is -0.230. The van der Waals surface area contributed by atoms with E-state index in [9.17, 15) is 12.8 Å². The smallest absolute Gasteiger partial charge is 0.178 e. The highest BCUT2D eigenvalue weighted by Crippen LogP contribution is 2.30. The molecule has 2 rings (SSSR count). The SMILES string of the molecule is CC(C)(c1ccc(F)c(S(C)(=O)=O)c1)C1CNCCN1.Cl. The minimum Gasteiger partial charge on any atom is -0.314 e. The predicted octanol–water partition coefficient (Wildman–Crippen LogP) is 1.49. The molecular formula is C14H22ClFN2O2S. The summed E-state index contributed by atoms with van der Waals surface area (Å²) in [5.74, 6) is -0.693. The normalized spacial score (nSPS) is 19.9. The molecule has 7 heteroatoms. The lowest BCUT2D eigenvalue weighted by Crippen LogP contribution is -2.56. The first-order chi connectivity index (χ1) is 9.23. The maximum Gasteiger partial charge on any atom is 0.178 e. The molecule has 0 bridgehead atoms. The molecule has 0 saturated carbocycles. The van der Waals surface area contributed by atoms with Crippen molar-refractivity contribution < 1.29 is 12.8 Å². The Hall–Kier alpha value is -0.690. The zero-order valence-corrected chi connectivity index (χ0v) is 14.1. The number of benzene rings is 1. The van der Waals surface area contributed by atoms with Crippen molar-refractivity contribution in [2.75, 3.05) is 25.9 Å². The van der Waals surface area contributed by atoms with Crippen molar-refractivity contribution in [2.45, 2.75) is 30.2 Å². The van der Waals surface area contributed by atoms with E-state index in [-0.39, 0.29) is 28.8 Å². The van der Waals surface area contributed by atoms with Crippen molar-refractivity contribution in [3.05, 3.63) is 29.6 Å². The van der Waals surface area contributed by atoms with Gasteiger partial charge in [-0.2, -0.15) is 0 Å². The summed E-state index contributed by atoms with van der Waals surface area (Å²) in [6.45, 7) is 6.67. The van der Waals surface area contributed by atoms with Crippen molar-refractivity contribution in [2.24, 2.45) is 0 Å². The number of halogens is 2. The van der Waals surface area contributed by atoms with Gasteiger partial charge in [0.25, 0.3) is 0 Å². The van der Waals surface area contributed by atoms with Crippen LogP contribution in [-0.4, -0.2) is 40.3 Å². The number of piperazine rings is 1. The summed E-state index contributed by atoms with van der Waals surface area (Å²) in [6, 6.07) is 4.54. The van der Waals surface area contributed by atoms with Crippen molar-refractivity contribution in [1.29, 1.82) is 0 Å². The molecule has 1 aliphatic heterocycles. The van der Waals surface area contributed by atoms with Gasteiger partial charge in [-0.05, 0) is 17.7 Å². The summed E-state index contributed by atoms with van der Waals surface area (Å²) < 4.78 is 37.0. The largest absolute Gasteiger partial charge is 0.314 e. The van der Waals surface area contributed by atoms with Crippen LogP contribution in [0.2, 0.25) is 0 Å². The van der Waals surface area contributed by atoms with Gasteiger partial charge in [0.2, 0.25) is 0 Å². The second kappa shape index (κ2) is 6.60. The molecule has 1 aromatic rings.